The molecule has 0 aliphatic heterocycles. The van der Waals surface area contributed by atoms with E-state index in [2.05, 4.69) is 50.9 Å². The van der Waals surface area contributed by atoms with Gasteiger partial charge in [-0.1, -0.05) is 18.2 Å². The third-order valence-electron chi connectivity index (χ3n) is 6.41. The molecule has 0 fully saturated rings. The van der Waals surface area contributed by atoms with Gasteiger partial charge in [0.2, 0.25) is 0 Å². The molecule has 1 N–H and O–H groups in total. The molecule has 3 aromatic heterocycles. The monoisotopic (exact) mass is 689 g/mol. The number of anilines is 2. The van der Waals surface area contributed by atoms with E-state index in [1.807, 2.05) is 0 Å². The molecule has 5 aromatic rings. The lowest BCUT2D eigenvalue weighted by Gasteiger charge is -2.16. The third kappa shape index (κ3) is 9.28. The van der Waals surface area contributed by atoms with Crippen molar-refractivity contribution in [3.63, 3.8) is 0 Å². The van der Waals surface area contributed by atoms with Gasteiger partial charge in [0.05, 0.1) is 31.5 Å². The second-order valence-corrected chi connectivity index (χ2v) is 13.2. The van der Waals surface area contributed by atoms with Gasteiger partial charge in [-0.3, -0.25) is 4.68 Å². The fraction of sp³-hybridized carbons (Fsp3) is 0.344. The smallest absolute Gasteiger partial charge is 0.422 e. The van der Waals surface area contributed by atoms with E-state index in [4.69, 9.17) is 13.9 Å². The molecule has 254 valence electrons. The van der Waals surface area contributed by atoms with E-state index >= 15 is 0 Å². The van der Waals surface area contributed by atoms with Crippen LogP contribution in [0.25, 0.3) is 22.4 Å². The molecule has 16 heteroatoms. The van der Waals surface area contributed by atoms with Crippen molar-refractivity contribution in [1.82, 2.24) is 29.7 Å². The Kier molecular flexibility index (Phi) is 10.6. The van der Waals surface area contributed by atoms with Crippen molar-refractivity contribution in [3.8, 4) is 23.0 Å². The Balaban J connectivity index is 1.43. The van der Waals surface area contributed by atoms with Crippen molar-refractivity contribution in [3.05, 3.63) is 77.9 Å². The fourth-order valence-corrected chi connectivity index (χ4v) is 4.94. The first-order chi connectivity index (χ1) is 22.8. The van der Waals surface area contributed by atoms with Crippen LogP contribution < -0.4 is 14.8 Å². The predicted octanol–water partition coefficient (Wildman–Crippen LogP) is 7.84. The van der Waals surface area contributed by atoms with E-state index in [9.17, 15) is 22.0 Å². The van der Waals surface area contributed by atoms with Crippen LogP contribution in [0.15, 0.2) is 54.9 Å². The molecule has 0 amide bonds. The van der Waals surface area contributed by atoms with E-state index in [0.29, 0.717) is 71.6 Å². The molecule has 48 heavy (non-hydrogen) atoms. The highest BCUT2D eigenvalue weighted by atomic mass is 32.2. The van der Waals surface area contributed by atoms with Crippen molar-refractivity contribution >= 4 is 34.6 Å². The maximum atomic E-state index is 15.0. The third-order valence-corrected chi connectivity index (χ3v) is 7.20. The van der Waals surface area contributed by atoms with E-state index < -0.39 is 35.7 Å². The Hall–Kier alpha value is -4.57. The summed E-state index contributed by atoms with van der Waals surface area (Å²) < 4.78 is 85.1. The van der Waals surface area contributed by atoms with Crippen LogP contribution in [0.4, 0.5) is 33.6 Å². The van der Waals surface area contributed by atoms with Gasteiger partial charge in [0.25, 0.3) is 0 Å². The molecule has 0 spiro atoms. The van der Waals surface area contributed by atoms with E-state index in [1.165, 1.54) is 22.9 Å². The van der Waals surface area contributed by atoms with E-state index in [-0.39, 0.29) is 17.1 Å². The van der Waals surface area contributed by atoms with Gasteiger partial charge in [-0.2, -0.15) is 18.3 Å². The number of rotatable bonds is 13. The SMILES string of the molecule is Cc1nccc(Nc2nc(-c3nn(Cc4c(F)cc(OCC(F)(F)F)cc4F)c4ccccc34)ncc2OCCCOSC(C)(C)C)n1. The van der Waals surface area contributed by atoms with Gasteiger partial charge < -0.3 is 19.0 Å². The maximum Gasteiger partial charge on any atom is 0.422 e. The lowest BCUT2D eigenvalue weighted by atomic mass is 10.1. The van der Waals surface area contributed by atoms with Crippen LogP contribution in [-0.2, 0) is 10.7 Å². The summed E-state index contributed by atoms with van der Waals surface area (Å²) in [6.45, 7) is 6.66. The molecule has 0 atom stereocenters. The summed E-state index contributed by atoms with van der Waals surface area (Å²) in [4.78, 5) is 17.7. The van der Waals surface area contributed by atoms with Crippen molar-refractivity contribution in [1.29, 1.82) is 0 Å². The zero-order valence-electron chi connectivity index (χ0n) is 26.4. The van der Waals surface area contributed by atoms with Gasteiger partial charge in [0, 0.05) is 40.4 Å². The van der Waals surface area contributed by atoms with E-state index in [0.717, 1.165) is 0 Å². The van der Waals surface area contributed by atoms with Crippen molar-refractivity contribution in [2.24, 2.45) is 0 Å². The maximum absolute atomic E-state index is 15.0. The highest BCUT2D eigenvalue weighted by molar-refractivity contribution is 7.96. The molecule has 10 nitrogen and oxygen atoms in total. The molecule has 0 radical (unpaired) electrons. The number of nitrogens with zero attached hydrogens (tertiary/aromatic N) is 6. The highest BCUT2D eigenvalue weighted by Crippen LogP contribution is 2.32. The normalized spacial score (nSPS) is 12.0. The number of para-hydroxylation sites is 1. The first kappa shape index (κ1) is 34.8. The summed E-state index contributed by atoms with van der Waals surface area (Å²) in [5.74, 6) is -0.914. The Labute approximate surface area is 277 Å². The first-order valence-corrected chi connectivity index (χ1v) is 15.5. The number of nitrogens with one attached hydrogen (secondary N) is 1. The Morgan fingerprint density at radius 1 is 0.938 bits per heavy atom. The van der Waals surface area contributed by atoms with Gasteiger partial charge in [0.1, 0.15) is 34.7 Å². The minimum absolute atomic E-state index is 0.0318. The van der Waals surface area contributed by atoms with Gasteiger partial charge in [-0.05, 0) is 51.9 Å². The Bertz CT molecular complexity index is 1860. The lowest BCUT2D eigenvalue weighted by Crippen LogP contribution is -2.19. The molecule has 2 aromatic carbocycles. The minimum atomic E-state index is -4.66. The first-order valence-electron chi connectivity index (χ1n) is 14.8. The Morgan fingerprint density at radius 3 is 2.40 bits per heavy atom. The number of hydrogen-bond acceptors (Lipinski definition) is 10. The van der Waals surface area contributed by atoms with Gasteiger partial charge >= 0.3 is 6.18 Å². The number of ether oxygens (including phenoxy) is 2. The van der Waals surface area contributed by atoms with Crippen LogP contribution in [0.3, 0.4) is 0 Å². The molecule has 0 bridgehead atoms. The Morgan fingerprint density at radius 2 is 1.69 bits per heavy atom. The summed E-state index contributed by atoms with van der Waals surface area (Å²) in [5, 5.41) is 8.34. The van der Waals surface area contributed by atoms with Gasteiger partial charge in [-0.25, -0.2) is 28.7 Å². The molecular weight excluding hydrogens is 657 g/mol. The van der Waals surface area contributed by atoms with Crippen LogP contribution in [0.1, 0.15) is 38.6 Å². The molecule has 0 aliphatic carbocycles. The number of halogens is 5. The zero-order valence-corrected chi connectivity index (χ0v) is 27.3. The zero-order chi connectivity index (χ0) is 34.5. The molecule has 0 aliphatic rings. The van der Waals surface area contributed by atoms with Crippen molar-refractivity contribution < 1.29 is 35.6 Å². The number of fused-ring (bicyclic) bond motifs is 1. The molecular formula is C32H32F5N7O3S. The van der Waals surface area contributed by atoms with Crippen LogP contribution >= 0.6 is 12.0 Å². The summed E-state index contributed by atoms with van der Waals surface area (Å²) >= 11 is 1.39. The van der Waals surface area contributed by atoms with Gasteiger partial charge in [-0.15, -0.1) is 0 Å². The standard InChI is InChI=1S/C32H32F5N7O3S/c1-19-38-11-10-27(40-19)41-29-26(45-12-7-13-47-48-31(2,3)4)16-39-30(42-29)28-21-8-5-6-9-25(21)44(43-28)17-22-23(33)14-20(15-24(22)34)46-18-32(35,36)37/h5-6,8-11,14-16H,7,12-13,17-18H2,1-4H3,(H,38,39,40,41,42). The molecule has 5 rings (SSSR count). The molecule has 0 unspecified atom stereocenters. The topological polar surface area (TPSA) is 109 Å². The lowest BCUT2D eigenvalue weighted by molar-refractivity contribution is -0.153. The average molecular weight is 690 g/mol. The van der Waals surface area contributed by atoms with Crippen LogP contribution in [0.2, 0.25) is 0 Å². The summed E-state index contributed by atoms with van der Waals surface area (Å²) in [5.41, 5.74) is 0.421. The summed E-state index contributed by atoms with van der Waals surface area (Å²) in [7, 11) is 0. The van der Waals surface area contributed by atoms with Crippen molar-refractivity contribution in [2.75, 3.05) is 25.1 Å². The second-order valence-electron chi connectivity index (χ2n) is 11.5. The summed E-state index contributed by atoms with van der Waals surface area (Å²) in [6, 6.07) is 10.1. The fourth-order valence-electron chi connectivity index (χ4n) is 4.39. The van der Waals surface area contributed by atoms with E-state index in [1.54, 1.807) is 43.5 Å². The number of aryl methyl sites for hydroxylation is 1. The summed E-state index contributed by atoms with van der Waals surface area (Å²) in [6.07, 6.45) is -0.962. The molecule has 3 heterocycles. The van der Waals surface area contributed by atoms with Crippen LogP contribution in [-0.4, -0.2) is 60.5 Å². The molecule has 0 saturated heterocycles. The number of benzene rings is 2. The average Bonchev–Trinajstić information content (AvgIpc) is 3.38. The van der Waals surface area contributed by atoms with Crippen LogP contribution in [0.5, 0.6) is 11.5 Å². The highest BCUT2D eigenvalue weighted by Gasteiger charge is 2.29. The molecule has 0 saturated carbocycles. The minimum Gasteiger partial charge on any atom is -0.488 e. The largest absolute Gasteiger partial charge is 0.488 e. The second kappa shape index (κ2) is 14.7. The number of aromatic nitrogens is 6. The van der Waals surface area contributed by atoms with Crippen molar-refractivity contribution in [2.45, 2.75) is 51.6 Å². The number of alkyl halides is 3. The van der Waals surface area contributed by atoms with Gasteiger partial charge in [0.15, 0.2) is 24.0 Å². The quantitative estimate of drug-likeness (QED) is 0.0746. The van der Waals surface area contributed by atoms with Crippen LogP contribution in [0, 0.1) is 18.6 Å². The number of hydrogen-bond donors (Lipinski definition) is 1. The predicted molar refractivity (Wildman–Crippen MR) is 171 cm³/mol.